The van der Waals surface area contributed by atoms with Gasteiger partial charge >= 0.3 is 11.8 Å². The van der Waals surface area contributed by atoms with Crippen LogP contribution in [0, 0.1) is 11.8 Å². The summed E-state index contributed by atoms with van der Waals surface area (Å²) >= 11 is 12.2. The molecular formula is C20H38Cl2N2O2. The summed E-state index contributed by atoms with van der Waals surface area (Å²) in [5.74, 6) is 0.0323. The van der Waals surface area contributed by atoms with Crippen molar-refractivity contribution < 1.29 is 9.59 Å². The maximum Gasteiger partial charge on any atom is 0.309 e. The molecule has 0 aromatic carbocycles. The molecule has 0 bridgehead atoms. The molecule has 4 nitrogen and oxygen atoms in total. The lowest BCUT2D eigenvalue weighted by molar-refractivity contribution is -0.140. The van der Waals surface area contributed by atoms with E-state index >= 15 is 0 Å². The van der Waals surface area contributed by atoms with E-state index in [1.807, 2.05) is 0 Å². The molecule has 0 fully saturated rings. The molecule has 154 valence electrons. The van der Waals surface area contributed by atoms with Crippen molar-refractivity contribution in [3.63, 3.8) is 0 Å². The van der Waals surface area contributed by atoms with Crippen molar-refractivity contribution in [3.05, 3.63) is 0 Å². The molecule has 2 N–H and O–H groups in total. The number of rotatable bonds is 14. The van der Waals surface area contributed by atoms with Crippen LogP contribution in [0.3, 0.4) is 0 Å². The van der Waals surface area contributed by atoms with Gasteiger partial charge in [-0.3, -0.25) is 9.59 Å². The standard InChI is InChI=1S/C20H38Cl2N2O2/c1-5-9-15(10-6-2)17(13-21)23-19(25)20(26)24-18(14-22)16(11-7-3)12-8-4/h15-18H,5-14H2,1-4H3,(H,23,25)(H,24,26). The summed E-state index contributed by atoms with van der Waals surface area (Å²) in [5.41, 5.74) is 0. The summed E-state index contributed by atoms with van der Waals surface area (Å²) in [7, 11) is 0. The Kier molecular flexibility index (Phi) is 15.3. The highest BCUT2D eigenvalue weighted by atomic mass is 35.5. The van der Waals surface area contributed by atoms with Crippen LogP contribution >= 0.6 is 23.2 Å². The van der Waals surface area contributed by atoms with Crippen LogP contribution in [-0.2, 0) is 9.59 Å². The lowest BCUT2D eigenvalue weighted by Crippen LogP contribution is -2.52. The molecule has 0 rings (SSSR count). The van der Waals surface area contributed by atoms with Gasteiger partial charge in [0.25, 0.3) is 0 Å². The Morgan fingerprint density at radius 1 is 0.654 bits per heavy atom. The molecule has 0 aliphatic heterocycles. The van der Waals surface area contributed by atoms with Crippen LogP contribution < -0.4 is 10.6 Å². The summed E-state index contributed by atoms with van der Waals surface area (Å²) in [6.07, 6.45) is 8.10. The zero-order valence-electron chi connectivity index (χ0n) is 17.0. The highest BCUT2D eigenvalue weighted by Crippen LogP contribution is 2.20. The van der Waals surface area contributed by atoms with Gasteiger partial charge in [-0.05, 0) is 37.5 Å². The second kappa shape index (κ2) is 15.6. The van der Waals surface area contributed by atoms with Crippen molar-refractivity contribution in [2.75, 3.05) is 11.8 Å². The van der Waals surface area contributed by atoms with E-state index in [0.717, 1.165) is 51.4 Å². The van der Waals surface area contributed by atoms with Gasteiger partial charge in [0, 0.05) is 23.8 Å². The number of hydrogen-bond acceptors (Lipinski definition) is 2. The average molecular weight is 409 g/mol. The fourth-order valence-electron chi connectivity index (χ4n) is 3.61. The molecule has 0 saturated carbocycles. The SMILES string of the molecule is CCCC(CCC)C(CCl)NC(=O)C(=O)NC(CCl)C(CCC)CCC. The molecule has 0 aliphatic rings. The lowest BCUT2D eigenvalue weighted by Gasteiger charge is -2.28. The molecular weight excluding hydrogens is 371 g/mol. The molecule has 0 aromatic rings. The van der Waals surface area contributed by atoms with Crippen molar-refractivity contribution in [1.29, 1.82) is 0 Å². The molecule has 26 heavy (non-hydrogen) atoms. The van der Waals surface area contributed by atoms with Crippen LogP contribution in [0.1, 0.15) is 79.1 Å². The largest absolute Gasteiger partial charge is 0.344 e. The highest BCUT2D eigenvalue weighted by Gasteiger charge is 2.27. The Bertz CT molecular complexity index is 346. The predicted molar refractivity (Wildman–Crippen MR) is 112 cm³/mol. The second-order valence-corrected chi connectivity index (χ2v) is 7.76. The fraction of sp³-hybridized carbons (Fsp3) is 0.900. The molecule has 0 aliphatic carbocycles. The maximum atomic E-state index is 12.4. The van der Waals surface area contributed by atoms with E-state index in [1.54, 1.807) is 0 Å². The second-order valence-electron chi connectivity index (χ2n) is 7.14. The van der Waals surface area contributed by atoms with Crippen LogP contribution in [-0.4, -0.2) is 35.7 Å². The molecule has 0 saturated heterocycles. The zero-order chi connectivity index (χ0) is 19.9. The van der Waals surface area contributed by atoms with Gasteiger partial charge < -0.3 is 10.6 Å². The van der Waals surface area contributed by atoms with Gasteiger partial charge in [0.05, 0.1) is 0 Å². The van der Waals surface area contributed by atoms with E-state index < -0.39 is 11.8 Å². The first-order valence-electron chi connectivity index (χ1n) is 10.2. The molecule has 6 heteroatoms. The molecule has 0 heterocycles. The van der Waals surface area contributed by atoms with Crippen molar-refractivity contribution in [3.8, 4) is 0 Å². The lowest BCUT2D eigenvalue weighted by atomic mass is 9.91. The number of carbonyl (C=O) groups excluding carboxylic acids is 2. The van der Waals surface area contributed by atoms with E-state index in [-0.39, 0.29) is 12.1 Å². The monoisotopic (exact) mass is 408 g/mol. The van der Waals surface area contributed by atoms with E-state index in [0.29, 0.717) is 23.6 Å². The van der Waals surface area contributed by atoms with Crippen LogP contribution in [0.2, 0.25) is 0 Å². The Balaban J connectivity index is 4.86. The summed E-state index contributed by atoms with van der Waals surface area (Å²) in [6.45, 7) is 8.48. The summed E-state index contributed by atoms with van der Waals surface area (Å²) in [5, 5.41) is 5.69. The molecule has 0 aromatic heterocycles. The number of nitrogens with one attached hydrogen (secondary N) is 2. The van der Waals surface area contributed by atoms with E-state index in [2.05, 4.69) is 38.3 Å². The predicted octanol–water partition coefficient (Wildman–Crippen LogP) is 4.87. The van der Waals surface area contributed by atoms with Crippen molar-refractivity contribution >= 4 is 35.0 Å². The third-order valence-electron chi connectivity index (χ3n) is 4.95. The minimum atomic E-state index is -0.602. The number of alkyl halides is 2. The summed E-state index contributed by atoms with van der Waals surface area (Å²) in [6, 6.07) is -0.349. The normalized spacial score (nSPS) is 13.7. The first kappa shape index (κ1) is 25.5. The molecule has 0 spiro atoms. The summed E-state index contributed by atoms with van der Waals surface area (Å²) in [4.78, 5) is 24.8. The number of hydrogen-bond donors (Lipinski definition) is 2. The minimum Gasteiger partial charge on any atom is -0.344 e. The number of halogens is 2. The minimum absolute atomic E-state index is 0.175. The summed E-state index contributed by atoms with van der Waals surface area (Å²) < 4.78 is 0. The van der Waals surface area contributed by atoms with Gasteiger partial charge in [0.1, 0.15) is 0 Å². The van der Waals surface area contributed by atoms with Gasteiger partial charge in [0.15, 0.2) is 0 Å². The van der Waals surface area contributed by atoms with Gasteiger partial charge in [0.2, 0.25) is 0 Å². The van der Waals surface area contributed by atoms with E-state index in [1.165, 1.54) is 0 Å². The number of amides is 2. The van der Waals surface area contributed by atoms with Crippen LogP contribution in [0.25, 0.3) is 0 Å². The Morgan fingerprint density at radius 2 is 0.923 bits per heavy atom. The highest BCUT2D eigenvalue weighted by molar-refractivity contribution is 6.35. The van der Waals surface area contributed by atoms with Gasteiger partial charge in [-0.15, -0.1) is 23.2 Å². The van der Waals surface area contributed by atoms with Crippen LogP contribution in [0.15, 0.2) is 0 Å². The quantitative estimate of drug-likeness (QED) is 0.318. The molecule has 0 radical (unpaired) electrons. The number of carbonyl (C=O) groups is 2. The van der Waals surface area contributed by atoms with E-state index in [4.69, 9.17) is 23.2 Å². The van der Waals surface area contributed by atoms with Gasteiger partial charge in [-0.1, -0.05) is 53.4 Å². The fourth-order valence-corrected chi connectivity index (χ4v) is 4.27. The first-order valence-corrected chi connectivity index (χ1v) is 11.3. The van der Waals surface area contributed by atoms with E-state index in [9.17, 15) is 9.59 Å². The average Bonchev–Trinajstić information content (AvgIpc) is 2.63. The zero-order valence-corrected chi connectivity index (χ0v) is 18.5. The topological polar surface area (TPSA) is 58.2 Å². The van der Waals surface area contributed by atoms with Crippen LogP contribution in [0.5, 0.6) is 0 Å². The van der Waals surface area contributed by atoms with Crippen molar-refractivity contribution in [2.24, 2.45) is 11.8 Å². The first-order chi connectivity index (χ1) is 12.5. The smallest absolute Gasteiger partial charge is 0.309 e. The van der Waals surface area contributed by atoms with Crippen LogP contribution in [0.4, 0.5) is 0 Å². The Morgan fingerprint density at radius 3 is 1.12 bits per heavy atom. The Labute approximate surface area is 170 Å². The third-order valence-corrected chi connectivity index (χ3v) is 5.61. The molecule has 2 unspecified atom stereocenters. The van der Waals surface area contributed by atoms with Crippen molar-refractivity contribution in [2.45, 2.75) is 91.1 Å². The molecule has 2 amide bonds. The molecule has 2 atom stereocenters. The third kappa shape index (κ3) is 9.45. The maximum absolute atomic E-state index is 12.4. The van der Waals surface area contributed by atoms with Gasteiger partial charge in [-0.25, -0.2) is 0 Å². The van der Waals surface area contributed by atoms with Crippen molar-refractivity contribution in [1.82, 2.24) is 10.6 Å². The van der Waals surface area contributed by atoms with Gasteiger partial charge in [-0.2, -0.15) is 0 Å². The Hall–Kier alpha value is -0.480.